The highest BCUT2D eigenvalue weighted by Crippen LogP contribution is 2.34. The number of halogens is 1. The first-order valence-corrected chi connectivity index (χ1v) is 10.4. The first-order chi connectivity index (χ1) is 14.1. The zero-order valence-corrected chi connectivity index (χ0v) is 17.8. The van der Waals surface area contributed by atoms with Gasteiger partial charge in [0.15, 0.2) is 0 Å². The van der Waals surface area contributed by atoms with Crippen LogP contribution in [0.15, 0.2) is 84.9 Å². The quantitative estimate of drug-likeness (QED) is 0.296. The lowest BCUT2D eigenvalue weighted by Gasteiger charge is -2.15. The molecule has 3 aromatic rings. The Kier molecular flexibility index (Phi) is 7.92. The topological polar surface area (TPSA) is 12.5 Å². The summed E-state index contributed by atoms with van der Waals surface area (Å²) >= 11 is 6.83. The maximum atomic E-state index is 6.83. The van der Waals surface area contributed by atoms with E-state index in [1.807, 2.05) is 38.4 Å². The molecule has 3 aromatic carbocycles. The van der Waals surface area contributed by atoms with Gasteiger partial charge in [0.1, 0.15) is 12.4 Å². The SMILES string of the molecule is CN(C)CCOc1ccc(C(Cl)CC(=Cc2ccccc2)c2ccccc2)cc1. The molecule has 2 nitrogen and oxygen atoms in total. The molecule has 3 heteroatoms. The van der Waals surface area contributed by atoms with Crippen molar-refractivity contribution in [3.63, 3.8) is 0 Å². The molecule has 0 spiro atoms. The lowest BCUT2D eigenvalue weighted by Crippen LogP contribution is -2.19. The van der Waals surface area contributed by atoms with Crippen molar-refractivity contribution in [1.29, 1.82) is 0 Å². The van der Waals surface area contributed by atoms with Crippen molar-refractivity contribution >= 4 is 23.3 Å². The molecule has 0 saturated carbocycles. The van der Waals surface area contributed by atoms with E-state index in [0.29, 0.717) is 6.61 Å². The summed E-state index contributed by atoms with van der Waals surface area (Å²) in [4.78, 5) is 2.10. The smallest absolute Gasteiger partial charge is 0.119 e. The lowest BCUT2D eigenvalue weighted by atomic mass is 9.96. The maximum Gasteiger partial charge on any atom is 0.119 e. The number of alkyl halides is 1. The number of hydrogen-bond acceptors (Lipinski definition) is 2. The Labute approximate surface area is 179 Å². The van der Waals surface area contributed by atoms with Gasteiger partial charge in [0.2, 0.25) is 0 Å². The third kappa shape index (κ3) is 6.77. The van der Waals surface area contributed by atoms with Crippen molar-refractivity contribution in [1.82, 2.24) is 4.90 Å². The highest BCUT2D eigenvalue weighted by atomic mass is 35.5. The highest BCUT2D eigenvalue weighted by molar-refractivity contribution is 6.21. The second-order valence-corrected chi connectivity index (χ2v) is 7.87. The molecule has 3 rings (SSSR count). The Bertz CT molecular complexity index is 889. The summed E-state index contributed by atoms with van der Waals surface area (Å²) in [5.74, 6) is 0.877. The van der Waals surface area contributed by atoms with E-state index < -0.39 is 0 Å². The molecule has 0 aliphatic heterocycles. The zero-order valence-electron chi connectivity index (χ0n) is 17.1. The van der Waals surface area contributed by atoms with E-state index in [1.54, 1.807) is 0 Å². The first-order valence-electron chi connectivity index (χ1n) is 9.94. The van der Waals surface area contributed by atoms with Crippen molar-refractivity contribution < 1.29 is 4.74 Å². The van der Waals surface area contributed by atoms with Crippen molar-refractivity contribution in [3.8, 4) is 5.75 Å². The van der Waals surface area contributed by atoms with Crippen LogP contribution in [0.4, 0.5) is 0 Å². The highest BCUT2D eigenvalue weighted by Gasteiger charge is 2.13. The number of nitrogens with zero attached hydrogens (tertiary/aromatic N) is 1. The van der Waals surface area contributed by atoms with Gasteiger partial charge >= 0.3 is 0 Å². The summed E-state index contributed by atoms with van der Waals surface area (Å²) in [5, 5.41) is -0.110. The van der Waals surface area contributed by atoms with Crippen LogP contribution in [0.2, 0.25) is 0 Å². The molecular weight excluding hydrogens is 378 g/mol. The number of allylic oxidation sites excluding steroid dienone is 1. The monoisotopic (exact) mass is 405 g/mol. The summed E-state index contributed by atoms with van der Waals surface area (Å²) in [6, 6.07) is 29.0. The fraction of sp³-hybridized carbons (Fsp3) is 0.231. The Balaban J connectivity index is 1.73. The predicted octanol–water partition coefficient (Wildman–Crippen LogP) is 6.54. The predicted molar refractivity (Wildman–Crippen MR) is 124 cm³/mol. The number of benzene rings is 3. The van der Waals surface area contributed by atoms with Crippen LogP contribution in [-0.4, -0.2) is 32.1 Å². The Morgan fingerprint density at radius 1 is 0.897 bits per heavy atom. The summed E-state index contributed by atoms with van der Waals surface area (Å²) in [6.07, 6.45) is 2.98. The average Bonchev–Trinajstić information content (AvgIpc) is 2.75. The number of rotatable bonds is 9. The third-order valence-corrected chi connectivity index (χ3v) is 5.14. The first kappa shape index (κ1) is 21.2. The maximum absolute atomic E-state index is 6.83. The van der Waals surface area contributed by atoms with Gasteiger partial charge in [0.25, 0.3) is 0 Å². The van der Waals surface area contributed by atoms with E-state index in [4.69, 9.17) is 16.3 Å². The second kappa shape index (κ2) is 10.8. The summed E-state index contributed by atoms with van der Waals surface area (Å²) < 4.78 is 5.78. The normalized spacial score (nSPS) is 12.8. The fourth-order valence-corrected chi connectivity index (χ4v) is 3.40. The molecule has 1 atom stereocenters. The number of ether oxygens (including phenoxy) is 1. The second-order valence-electron chi connectivity index (χ2n) is 7.34. The minimum absolute atomic E-state index is 0.110. The Morgan fingerprint density at radius 3 is 2.14 bits per heavy atom. The largest absolute Gasteiger partial charge is 0.492 e. The van der Waals surface area contributed by atoms with Gasteiger partial charge in [-0.15, -0.1) is 11.6 Å². The van der Waals surface area contributed by atoms with Crippen LogP contribution in [0.3, 0.4) is 0 Å². The van der Waals surface area contributed by atoms with Gasteiger partial charge in [0.05, 0.1) is 5.38 Å². The van der Waals surface area contributed by atoms with E-state index in [9.17, 15) is 0 Å². The minimum atomic E-state index is -0.110. The summed E-state index contributed by atoms with van der Waals surface area (Å²) in [6.45, 7) is 1.57. The van der Waals surface area contributed by atoms with Gasteiger partial charge in [-0.2, -0.15) is 0 Å². The van der Waals surface area contributed by atoms with Crippen LogP contribution in [0.1, 0.15) is 28.5 Å². The molecule has 0 bridgehead atoms. The molecule has 0 radical (unpaired) electrons. The molecule has 0 aliphatic carbocycles. The van der Waals surface area contributed by atoms with Gasteiger partial charge in [-0.05, 0) is 54.9 Å². The molecule has 0 heterocycles. The van der Waals surface area contributed by atoms with Crippen LogP contribution in [0.25, 0.3) is 11.6 Å². The van der Waals surface area contributed by atoms with Crippen molar-refractivity contribution in [3.05, 3.63) is 102 Å². The van der Waals surface area contributed by atoms with E-state index in [2.05, 4.69) is 71.6 Å². The molecule has 0 saturated heterocycles. The molecule has 0 amide bonds. The van der Waals surface area contributed by atoms with Gasteiger partial charge in [-0.25, -0.2) is 0 Å². The van der Waals surface area contributed by atoms with Gasteiger partial charge in [-0.3, -0.25) is 0 Å². The molecular formula is C26H28ClNO. The molecule has 29 heavy (non-hydrogen) atoms. The van der Waals surface area contributed by atoms with E-state index >= 15 is 0 Å². The fourth-order valence-electron chi connectivity index (χ4n) is 3.09. The average molecular weight is 406 g/mol. The van der Waals surface area contributed by atoms with E-state index in [-0.39, 0.29) is 5.38 Å². The number of hydrogen-bond donors (Lipinski definition) is 0. The zero-order chi connectivity index (χ0) is 20.5. The van der Waals surface area contributed by atoms with Crippen LogP contribution < -0.4 is 4.74 Å². The summed E-state index contributed by atoms with van der Waals surface area (Å²) in [5.41, 5.74) is 4.70. The molecule has 150 valence electrons. The van der Waals surface area contributed by atoms with Crippen molar-refractivity contribution in [2.24, 2.45) is 0 Å². The third-order valence-electron chi connectivity index (χ3n) is 4.73. The van der Waals surface area contributed by atoms with Gasteiger partial charge in [0, 0.05) is 6.54 Å². The van der Waals surface area contributed by atoms with Gasteiger partial charge in [-0.1, -0.05) is 78.9 Å². The van der Waals surface area contributed by atoms with Crippen molar-refractivity contribution in [2.45, 2.75) is 11.8 Å². The summed E-state index contributed by atoms with van der Waals surface area (Å²) in [7, 11) is 4.08. The molecule has 0 N–H and O–H groups in total. The lowest BCUT2D eigenvalue weighted by molar-refractivity contribution is 0.261. The van der Waals surface area contributed by atoms with Crippen LogP contribution in [0, 0.1) is 0 Å². The van der Waals surface area contributed by atoms with Crippen LogP contribution in [0.5, 0.6) is 5.75 Å². The standard InChI is InChI=1S/C26H28ClNO/c1-28(2)17-18-29-25-15-13-23(14-16-25)26(27)20-24(22-11-7-4-8-12-22)19-21-9-5-3-6-10-21/h3-16,19,26H,17-18,20H2,1-2H3. The Hall–Kier alpha value is -2.55. The van der Waals surface area contributed by atoms with Crippen LogP contribution >= 0.6 is 11.6 Å². The minimum Gasteiger partial charge on any atom is -0.492 e. The number of likely N-dealkylation sites (N-methyl/N-ethyl adjacent to an activating group) is 1. The van der Waals surface area contributed by atoms with Crippen molar-refractivity contribution in [2.75, 3.05) is 27.2 Å². The Morgan fingerprint density at radius 2 is 1.52 bits per heavy atom. The molecule has 0 aliphatic rings. The van der Waals surface area contributed by atoms with Gasteiger partial charge < -0.3 is 9.64 Å². The molecule has 0 aromatic heterocycles. The van der Waals surface area contributed by atoms with Crippen LogP contribution in [-0.2, 0) is 0 Å². The van der Waals surface area contributed by atoms with E-state index in [1.165, 1.54) is 16.7 Å². The molecule has 1 unspecified atom stereocenters. The molecule has 0 fully saturated rings. The van der Waals surface area contributed by atoms with E-state index in [0.717, 1.165) is 24.3 Å².